The number of benzene rings is 2. The Morgan fingerprint density at radius 1 is 1.13 bits per heavy atom. The number of amides is 1. The van der Waals surface area contributed by atoms with Crippen LogP contribution in [0.15, 0.2) is 65.7 Å². The third kappa shape index (κ3) is 4.22. The topological polar surface area (TPSA) is 38.1 Å². The molecular weight excluding hydrogens is 417 g/mol. The minimum atomic E-state index is -0.306. The highest BCUT2D eigenvalue weighted by atomic mass is 32.2. The van der Waals surface area contributed by atoms with Crippen LogP contribution in [0.2, 0.25) is 0 Å². The first kappa shape index (κ1) is 20.5. The number of halogens is 1. The summed E-state index contributed by atoms with van der Waals surface area (Å²) in [6.45, 7) is 2.72. The van der Waals surface area contributed by atoms with Crippen molar-refractivity contribution in [2.45, 2.75) is 19.8 Å². The van der Waals surface area contributed by atoms with E-state index in [1.165, 1.54) is 23.9 Å². The molecule has 0 spiro atoms. The second-order valence-corrected chi connectivity index (χ2v) is 8.58. The predicted molar refractivity (Wildman–Crippen MR) is 124 cm³/mol. The van der Waals surface area contributed by atoms with Crippen molar-refractivity contribution in [3.8, 4) is 16.9 Å². The van der Waals surface area contributed by atoms with Crippen LogP contribution in [0.1, 0.15) is 25.3 Å². The Hall–Kier alpha value is -2.77. The van der Waals surface area contributed by atoms with Crippen molar-refractivity contribution in [3.05, 3.63) is 77.1 Å². The maximum atomic E-state index is 13.4. The van der Waals surface area contributed by atoms with Crippen molar-refractivity contribution in [2.24, 2.45) is 0 Å². The highest BCUT2D eigenvalue weighted by molar-refractivity contribution is 8.26. The smallest absolute Gasteiger partial charge is 0.266 e. The lowest BCUT2D eigenvalue weighted by Crippen LogP contribution is -2.28. The van der Waals surface area contributed by atoms with Crippen LogP contribution in [0.5, 0.6) is 0 Å². The summed E-state index contributed by atoms with van der Waals surface area (Å²) in [6, 6.07) is 15.9. The van der Waals surface area contributed by atoms with Gasteiger partial charge in [0.2, 0.25) is 0 Å². The van der Waals surface area contributed by atoms with Gasteiger partial charge >= 0.3 is 0 Å². The number of thiocarbonyl (C=S) groups is 1. The van der Waals surface area contributed by atoms with E-state index in [1.54, 1.807) is 21.7 Å². The zero-order valence-corrected chi connectivity index (χ0v) is 18.0. The van der Waals surface area contributed by atoms with Gasteiger partial charge in [0.15, 0.2) is 0 Å². The third-order valence-electron chi connectivity index (χ3n) is 4.78. The highest BCUT2D eigenvalue weighted by Crippen LogP contribution is 2.35. The van der Waals surface area contributed by atoms with Crippen LogP contribution in [-0.2, 0) is 4.79 Å². The largest absolute Gasteiger partial charge is 0.293 e. The molecule has 2 heterocycles. The van der Waals surface area contributed by atoms with Gasteiger partial charge in [-0.2, -0.15) is 5.10 Å². The SMILES string of the molecule is CCCCN1C(=O)/C(=C\c2cn(-c3ccccc3)nc2-c2ccc(F)cc2)SC1=S. The fourth-order valence-electron chi connectivity index (χ4n) is 3.19. The molecule has 30 heavy (non-hydrogen) atoms. The van der Waals surface area contributed by atoms with Gasteiger partial charge in [0.1, 0.15) is 10.1 Å². The maximum Gasteiger partial charge on any atom is 0.266 e. The van der Waals surface area contributed by atoms with Gasteiger partial charge in [-0.05, 0) is 48.9 Å². The van der Waals surface area contributed by atoms with Gasteiger partial charge in [-0.1, -0.05) is 55.5 Å². The zero-order chi connectivity index (χ0) is 21.1. The summed E-state index contributed by atoms with van der Waals surface area (Å²) in [6.07, 6.45) is 5.62. The first-order chi connectivity index (χ1) is 14.6. The van der Waals surface area contributed by atoms with Gasteiger partial charge in [-0.15, -0.1) is 0 Å². The monoisotopic (exact) mass is 437 g/mol. The predicted octanol–water partition coefficient (Wildman–Crippen LogP) is 5.68. The molecule has 1 aliphatic rings. The minimum Gasteiger partial charge on any atom is -0.293 e. The van der Waals surface area contributed by atoms with Gasteiger partial charge in [0, 0.05) is 23.9 Å². The molecule has 1 aromatic heterocycles. The summed E-state index contributed by atoms with van der Waals surface area (Å²) in [5.74, 6) is -0.379. The summed E-state index contributed by atoms with van der Waals surface area (Å²) in [4.78, 5) is 15.1. The molecule has 0 unspecified atom stereocenters. The van der Waals surface area contributed by atoms with E-state index in [-0.39, 0.29) is 11.7 Å². The van der Waals surface area contributed by atoms with E-state index in [9.17, 15) is 9.18 Å². The number of carbonyl (C=O) groups excluding carboxylic acids is 1. The Labute approximate surface area is 184 Å². The number of rotatable bonds is 6. The molecule has 4 nitrogen and oxygen atoms in total. The number of hydrogen-bond donors (Lipinski definition) is 0. The van der Waals surface area contributed by atoms with Crippen LogP contribution in [-0.4, -0.2) is 31.5 Å². The summed E-state index contributed by atoms with van der Waals surface area (Å²) >= 11 is 6.72. The Kier molecular flexibility index (Phi) is 6.11. The van der Waals surface area contributed by atoms with Crippen molar-refractivity contribution in [1.29, 1.82) is 0 Å². The van der Waals surface area contributed by atoms with E-state index < -0.39 is 0 Å². The van der Waals surface area contributed by atoms with Crippen LogP contribution >= 0.6 is 24.0 Å². The van der Waals surface area contributed by atoms with Crippen molar-refractivity contribution < 1.29 is 9.18 Å². The highest BCUT2D eigenvalue weighted by Gasteiger charge is 2.31. The Bertz CT molecular complexity index is 1110. The van der Waals surface area contributed by atoms with E-state index in [0.29, 0.717) is 21.5 Å². The van der Waals surface area contributed by atoms with Gasteiger partial charge in [0.25, 0.3) is 5.91 Å². The number of nitrogens with zero attached hydrogens (tertiary/aromatic N) is 3. The molecule has 0 aliphatic carbocycles. The van der Waals surface area contributed by atoms with Gasteiger partial charge in [-0.25, -0.2) is 9.07 Å². The van der Waals surface area contributed by atoms with Crippen molar-refractivity contribution in [1.82, 2.24) is 14.7 Å². The fourth-order valence-corrected chi connectivity index (χ4v) is 4.49. The van der Waals surface area contributed by atoms with Crippen LogP contribution in [0, 0.1) is 5.82 Å². The molecule has 1 amide bonds. The number of thioether (sulfide) groups is 1. The zero-order valence-electron chi connectivity index (χ0n) is 16.4. The van der Waals surface area contributed by atoms with Gasteiger partial charge in [0.05, 0.1) is 16.3 Å². The lowest BCUT2D eigenvalue weighted by molar-refractivity contribution is -0.122. The summed E-state index contributed by atoms with van der Waals surface area (Å²) in [7, 11) is 0. The number of unbranched alkanes of at least 4 members (excludes halogenated alkanes) is 1. The molecule has 1 saturated heterocycles. The van der Waals surface area contributed by atoms with Gasteiger partial charge in [-0.3, -0.25) is 9.69 Å². The van der Waals surface area contributed by atoms with E-state index in [2.05, 4.69) is 6.92 Å². The first-order valence-corrected chi connectivity index (χ1v) is 11.0. The molecule has 3 aromatic rings. The lowest BCUT2D eigenvalue weighted by atomic mass is 10.1. The Balaban J connectivity index is 1.76. The average Bonchev–Trinajstić information content (AvgIpc) is 3.29. The van der Waals surface area contributed by atoms with Crippen molar-refractivity contribution in [3.63, 3.8) is 0 Å². The number of hydrogen-bond acceptors (Lipinski definition) is 4. The molecule has 0 atom stereocenters. The van der Waals surface area contributed by atoms with Crippen LogP contribution < -0.4 is 0 Å². The Morgan fingerprint density at radius 2 is 1.87 bits per heavy atom. The average molecular weight is 438 g/mol. The van der Waals surface area contributed by atoms with Crippen LogP contribution in [0.25, 0.3) is 23.0 Å². The molecule has 0 radical (unpaired) electrons. The van der Waals surface area contributed by atoms with E-state index in [0.717, 1.165) is 29.7 Å². The van der Waals surface area contributed by atoms with Gasteiger partial charge < -0.3 is 0 Å². The molecule has 4 rings (SSSR count). The molecule has 0 saturated carbocycles. The second kappa shape index (κ2) is 8.93. The molecule has 152 valence electrons. The minimum absolute atomic E-state index is 0.0732. The molecule has 0 bridgehead atoms. The molecule has 1 aliphatic heterocycles. The summed E-state index contributed by atoms with van der Waals surface area (Å²) in [5.41, 5.74) is 3.13. The maximum absolute atomic E-state index is 13.4. The quantitative estimate of drug-likeness (QED) is 0.367. The number of carbonyl (C=O) groups is 1. The molecule has 1 fully saturated rings. The fraction of sp³-hybridized carbons (Fsp3) is 0.174. The van der Waals surface area contributed by atoms with Crippen LogP contribution in [0.3, 0.4) is 0 Å². The molecule has 0 N–H and O–H groups in total. The standard InChI is InChI=1S/C23H20FN3OS2/c1-2-3-13-26-22(28)20(30-23(26)29)14-17-15-27(19-7-5-4-6-8-19)25-21(17)16-9-11-18(24)12-10-16/h4-12,14-15H,2-3,13H2,1H3/b20-14+. The molecule has 2 aromatic carbocycles. The summed E-state index contributed by atoms with van der Waals surface area (Å²) < 4.78 is 15.8. The first-order valence-electron chi connectivity index (χ1n) is 9.73. The Morgan fingerprint density at radius 3 is 2.57 bits per heavy atom. The molecule has 7 heteroatoms. The number of para-hydroxylation sites is 1. The molecular formula is C23H20FN3OS2. The van der Waals surface area contributed by atoms with E-state index in [1.807, 2.05) is 42.6 Å². The third-order valence-corrected chi connectivity index (χ3v) is 6.15. The number of aromatic nitrogens is 2. The normalized spacial score (nSPS) is 15.4. The van der Waals surface area contributed by atoms with Crippen molar-refractivity contribution >= 4 is 40.3 Å². The summed E-state index contributed by atoms with van der Waals surface area (Å²) in [5, 5.41) is 4.72. The van der Waals surface area contributed by atoms with Crippen molar-refractivity contribution in [2.75, 3.05) is 6.54 Å². The lowest BCUT2D eigenvalue weighted by Gasteiger charge is -2.12. The van der Waals surface area contributed by atoms with E-state index >= 15 is 0 Å². The van der Waals surface area contributed by atoms with Crippen LogP contribution in [0.4, 0.5) is 4.39 Å². The second-order valence-electron chi connectivity index (χ2n) is 6.91. The van der Waals surface area contributed by atoms with E-state index in [4.69, 9.17) is 17.3 Å².